The molecule has 0 spiro atoms. The summed E-state index contributed by atoms with van der Waals surface area (Å²) in [5.41, 5.74) is 1.24. The van der Waals surface area contributed by atoms with Crippen molar-refractivity contribution in [3.63, 3.8) is 0 Å². The molecule has 0 unspecified atom stereocenters. The molecule has 0 fully saturated rings. The average Bonchev–Trinajstić information content (AvgIpc) is 2.39. The number of halogens is 1. The molecule has 2 aromatic rings. The number of benzene rings is 1. The molecule has 1 N–H and O–H groups in total. The number of nitrogens with one attached hydrogen (secondary N) is 1. The van der Waals surface area contributed by atoms with Crippen molar-refractivity contribution in [1.29, 1.82) is 0 Å². The van der Waals surface area contributed by atoms with Crippen LogP contribution in [-0.2, 0) is 0 Å². The lowest BCUT2D eigenvalue weighted by molar-refractivity contribution is 0.332. The van der Waals surface area contributed by atoms with Crippen molar-refractivity contribution < 1.29 is 4.74 Å². The van der Waals surface area contributed by atoms with Crippen molar-refractivity contribution >= 4 is 21.7 Å². The summed E-state index contributed by atoms with van der Waals surface area (Å²) in [6.07, 6.45) is 1.77. The van der Waals surface area contributed by atoms with Gasteiger partial charge in [-0.05, 0) is 47.1 Å². The minimum Gasteiger partial charge on any atom is -0.492 e. The Morgan fingerprint density at radius 3 is 2.61 bits per heavy atom. The molecular formula is C14H15BrN2O. The smallest absolute Gasteiger partial charge is 0.126 e. The second-order valence-corrected chi connectivity index (χ2v) is 4.87. The monoisotopic (exact) mass is 306 g/mol. The summed E-state index contributed by atoms with van der Waals surface area (Å²) in [4.78, 5) is 4.22. The molecule has 1 aromatic heterocycles. The standard InChI is InChI=1S/C14H15BrN2O/c1-11-2-5-13(6-3-11)18-9-8-16-14-7-4-12(15)10-17-14/h2-7,10H,8-9H2,1H3,(H,16,17). The summed E-state index contributed by atoms with van der Waals surface area (Å²) < 4.78 is 6.58. The van der Waals surface area contributed by atoms with Gasteiger partial charge in [-0.2, -0.15) is 0 Å². The highest BCUT2D eigenvalue weighted by molar-refractivity contribution is 9.10. The van der Waals surface area contributed by atoms with Crippen LogP contribution >= 0.6 is 15.9 Å². The van der Waals surface area contributed by atoms with Gasteiger partial charge in [0.2, 0.25) is 0 Å². The maximum absolute atomic E-state index is 5.61. The molecular weight excluding hydrogens is 292 g/mol. The van der Waals surface area contributed by atoms with E-state index < -0.39 is 0 Å². The first kappa shape index (κ1) is 12.9. The van der Waals surface area contributed by atoms with Gasteiger partial charge < -0.3 is 10.1 Å². The number of hydrogen-bond acceptors (Lipinski definition) is 3. The molecule has 0 amide bonds. The van der Waals surface area contributed by atoms with E-state index in [1.807, 2.05) is 36.4 Å². The predicted molar refractivity (Wildman–Crippen MR) is 77.1 cm³/mol. The quantitative estimate of drug-likeness (QED) is 0.856. The second kappa shape index (κ2) is 6.40. The lowest BCUT2D eigenvalue weighted by Crippen LogP contribution is -2.12. The summed E-state index contributed by atoms with van der Waals surface area (Å²) in [6, 6.07) is 11.9. The van der Waals surface area contributed by atoms with Gasteiger partial charge in [-0.3, -0.25) is 0 Å². The first-order valence-corrected chi connectivity index (χ1v) is 6.58. The molecule has 0 aliphatic carbocycles. The van der Waals surface area contributed by atoms with Gasteiger partial charge in [0.1, 0.15) is 18.2 Å². The van der Waals surface area contributed by atoms with E-state index in [9.17, 15) is 0 Å². The van der Waals surface area contributed by atoms with Crippen molar-refractivity contribution in [3.05, 3.63) is 52.6 Å². The van der Waals surface area contributed by atoms with E-state index in [1.165, 1.54) is 5.56 Å². The van der Waals surface area contributed by atoms with E-state index in [2.05, 4.69) is 33.2 Å². The number of rotatable bonds is 5. The van der Waals surface area contributed by atoms with Crippen molar-refractivity contribution in [2.75, 3.05) is 18.5 Å². The number of hydrogen-bond donors (Lipinski definition) is 1. The maximum Gasteiger partial charge on any atom is 0.126 e. The molecule has 0 aliphatic rings. The van der Waals surface area contributed by atoms with Crippen LogP contribution in [0.3, 0.4) is 0 Å². The van der Waals surface area contributed by atoms with E-state index in [0.717, 1.165) is 22.6 Å². The maximum atomic E-state index is 5.61. The molecule has 0 bridgehead atoms. The molecule has 1 heterocycles. The zero-order chi connectivity index (χ0) is 12.8. The molecule has 18 heavy (non-hydrogen) atoms. The summed E-state index contributed by atoms with van der Waals surface area (Å²) in [7, 11) is 0. The summed E-state index contributed by atoms with van der Waals surface area (Å²) in [6.45, 7) is 3.40. The van der Waals surface area contributed by atoms with Crippen molar-refractivity contribution in [2.45, 2.75) is 6.92 Å². The van der Waals surface area contributed by atoms with E-state index in [1.54, 1.807) is 6.20 Å². The predicted octanol–water partition coefficient (Wildman–Crippen LogP) is 3.64. The zero-order valence-corrected chi connectivity index (χ0v) is 11.8. The Labute approximate surface area is 115 Å². The van der Waals surface area contributed by atoms with Crippen LogP contribution in [-0.4, -0.2) is 18.1 Å². The van der Waals surface area contributed by atoms with Gasteiger partial charge in [-0.25, -0.2) is 4.98 Å². The van der Waals surface area contributed by atoms with Gasteiger partial charge in [0.05, 0.1) is 6.54 Å². The fourth-order valence-electron chi connectivity index (χ4n) is 1.46. The van der Waals surface area contributed by atoms with Crippen LogP contribution in [0.4, 0.5) is 5.82 Å². The number of nitrogens with zero attached hydrogens (tertiary/aromatic N) is 1. The van der Waals surface area contributed by atoms with E-state index >= 15 is 0 Å². The highest BCUT2D eigenvalue weighted by Gasteiger charge is 1.95. The minimum absolute atomic E-state index is 0.612. The van der Waals surface area contributed by atoms with Crippen molar-refractivity contribution in [1.82, 2.24) is 4.98 Å². The van der Waals surface area contributed by atoms with Crippen LogP contribution < -0.4 is 10.1 Å². The molecule has 2 rings (SSSR count). The Balaban J connectivity index is 1.73. The molecule has 0 atom stereocenters. The summed E-state index contributed by atoms with van der Waals surface area (Å²) in [5.74, 6) is 1.75. The molecule has 0 saturated heterocycles. The molecule has 0 saturated carbocycles. The van der Waals surface area contributed by atoms with Gasteiger partial charge in [-0.1, -0.05) is 17.7 Å². The Hall–Kier alpha value is -1.55. The Morgan fingerprint density at radius 2 is 1.94 bits per heavy atom. The van der Waals surface area contributed by atoms with Crippen molar-refractivity contribution in [2.24, 2.45) is 0 Å². The third-order valence-corrected chi connectivity index (χ3v) is 2.89. The van der Waals surface area contributed by atoms with Gasteiger partial charge >= 0.3 is 0 Å². The molecule has 4 heteroatoms. The molecule has 3 nitrogen and oxygen atoms in total. The second-order valence-electron chi connectivity index (χ2n) is 3.95. The normalized spacial score (nSPS) is 10.1. The van der Waals surface area contributed by atoms with Crippen LogP contribution in [0.5, 0.6) is 5.75 Å². The largest absolute Gasteiger partial charge is 0.492 e. The van der Waals surface area contributed by atoms with Crippen LogP contribution in [0.1, 0.15) is 5.56 Å². The van der Waals surface area contributed by atoms with Gasteiger partial charge in [0.15, 0.2) is 0 Å². The fraction of sp³-hybridized carbons (Fsp3) is 0.214. The van der Waals surface area contributed by atoms with E-state index in [0.29, 0.717) is 6.61 Å². The molecule has 0 aliphatic heterocycles. The highest BCUT2D eigenvalue weighted by Crippen LogP contribution is 2.12. The van der Waals surface area contributed by atoms with Crippen LogP contribution in [0.25, 0.3) is 0 Å². The minimum atomic E-state index is 0.612. The van der Waals surface area contributed by atoms with Gasteiger partial charge in [-0.15, -0.1) is 0 Å². The van der Waals surface area contributed by atoms with Crippen molar-refractivity contribution in [3.8, 4) is 5.75 Å². The fourth-order valence-corrected chi connectivity index (χ4v) is 1.70. The molecule has 94 valence electrons. The third kappa shape index (κ3) is 4.04. The number of aromatic nitrogens is 1. The number of pyridine rings is 1. The average molecular weight is 307 g/mol. The lowest BCUT2D eigenvalue weighted by atomic mass is 10.2. The summed E-state index contributed by atoms with van der Waals surface area (Å²) in [5, 5.41) is 3.20. The third-order valence-electron chi connectivity index (χ3n) is 2.43. The zero-order valence-electron chi connectivity index (χ0n) is 10.2. The highest BCUT2D eigenvalue weighted by atomic mass is 79.9. The summed E-state index contributed by atoms with van der Waals surface area (Å²) >= 11 is 3.35. The van der Waals surface area contributed by atoms with Crippen LogP contribution in [0.15, 0.2) is 47.1 Å². The van der Waals surface area contributed by atoms with E-state index in [-0.39, 0.29) is 0 Å². The van der Waals surface area contributed by atoms with Gasteiger partial charge in [0.25, 0.3) is 0 Å². The lowest BCUT2D eigenvalue weighted by Gasteiger charge is -2.08. The number of aryl methyl sites for hydroxylation is 1. The number of anilines is 1. The molecule has 0 radical (unpaired) electrons. The van der Waals surface area contributed by atoms with Crippen LogP contribution in [0, 0.1) is 6.92 Å². The first-order chi connectivity index (χ1) is 8.74. The SMILES string of the molecule is Cc1ccc(OCCNc2ccc(Br)cn2)cc1. The Morgan fingerprint density at radius 1 is 1.17 bits per heavy atom. The number of ether oxygens (including phenoxy) is 1. The molecule has 1 aromatic carbocycles. The first-order valence-electron chi connectivity index (χ1n) is 5.79. The van der Waals surface area contributed by atoms with E-state index in [4.69, 9.17) is 4.74 Å². The Bertz CT molecular complexity index is 435. The Kier molecular flexibility index (Phi) is 4.59. The van der Waals surface area contributed by atoms with Gasteiger partial charge in [0, 0.05) is 10.7 Å². The topological polar surface area (TPSA) is 34.1 Å². The van der Waals surface area contributed by atoms with Crippen LogP contribution in [0.2, 0.25) is 0 Å².